The number of ether oxygens (including phenoxy) is 4. The number of nitrogens with zero attached hydrogens (tertiary/aromatic N) is 1. The van der Waals surface area contributed by atoms with E-state index in [0.717, 1.165) is 88.7 Å². The molecule has 1 aromatic rings. The Morgan fingerprint density at radius 1 is 1.20 bits per heavy atom. The summed E-state index contributed by atoms with van der Waals surface area (Å²) >= 11 is 0. The molecule has 10 heteroatoms. The number of benzene rings is 1. The molecule has 0 saturated carbocycles. The summed E-state index contributed by atoms with van der Waals surface area (Å²) in [6.45, 7) is 11.4. The molecule has 8 nitrogen and oxygen atoms in total. The third-order valence-electron chi connectivity index (χ3n) is 10.1. The van der Waals surface area contributed by atoms with Crippen molar-refractivity contribution in [2.24, 2.45) is 17.3 Å². The van der Waals surface area contributed by atoms with E-state index in [1.807, 2.05) is 32.9 Å². The maximum atomic E-state index is 14.2. The lowest BCUT2D eigenvalue weighted by Gasteiger charge is -2.46. The van der Waals surface area contributed by atoms with Crippen molar-refractivity contribution in [3.8, 4) is 5.75 Å². The fourth-order valence-corrected chi connectivity index (χ4v) is 7.19. The van der Waals surface area contributed by atoms with Crippen LogP contribution in [0.3, 0.4) is 0 Å². The Kier molecular flexibility index (Phi) is 11.8. The molecular weight excluding hydrogens is 592 g/mol. The molecule has 0 spiro atoms. The second-order valence-electron chi connectivity index (χ2n) is 14.4. The molecular formula is C36H53F2N3O5. The number of piperidine rings is 1. The highest BCUT2D eigenvalue weighted by Crippen LogP contribution is 2.44. The number of carbonyl (C=O) groups excluding carboxylic acids is 1. The van der Waals surface area contributed by atoms with E-state index in [1.54, 1.807) is 7.11 Å². The van der Waals surface area contributed by atoms with E-state index < -0.39 is 28.6 Å². The lowest BCUT2D eigenvalue weighted by Crippen LogP contribution is -2.54. The number of rotatable bonds is 13. The van der Waals surface area contributed by atoms with Gasteiger partial charge in [0.1, 0.15) is 23.0 Å². The minimum absolute atomic E-state index is 0.0889. The topological polar surface area (TPSA) is 81.3 Å². The van der Waals surface area contributed by atoms with Gasteiger partial charge in [-0.25, -0.2) is 8.78 Å². The summed E-state index contributed by atoms with van der Waals surface area (Å²) in [6, 6.07) is 6.35. The van der Waals surface area contributed by atoms with Crippen LogP contribution < -0.4 is 20.3 Å². The lowest BCUT2D eigenvalue weighted by molar-refractivity contribution is -0.130. The average molecular weight is 646 g/mol. The van der Waals surface area contributed by atoms with E-state index in [-0.39, 0.29) is 24.5 Å². The highest BCUT2D eigenvalue weighted by molar-refractivity contribution is 5.81. The first-order valence-electron chi connectivity index (χ1n) is 17.0. The Morgan fingerprint density at radius 2 is 2.00 bits per heavy atom. The number of hydrogen-bond donors (Lipinski definition) is 2. The third kappa shape index (κ3) is 9.08. The van der Waals surface area contributed by atoms with Crippen LogP contribution in [0.4, 0.5) is 14.5 Å². The highest BCUT2D eigenvalue weighted by Gasteiger charge is 2.43. The second kappa shape index (κ2) is 15.6. The molecule has 2 fully saturated rings. The van der Waals surface area contributed by atoms with Crippen LogP contribution in [0.1, 0.15) is 71.3 Å². The minimum Gasteiger partial charge on any atom is -0.483 e. The van der Waals surface area contributed by atoms with Gasteiger partial charge in [0.15, 0.2) is 0 Å². The van der Waals surface area contributed by atoms with Crippen molar-refractivity contribution in [1.29, 1.82) is 0 Å². The van der Waals surface area contributed by atoms with Crippen molar-refractivity contribution in [1.82, 2.24) is 10.6 Å². The summed E-state index contributed by atoms with van der Waals surface area (Å²) in [7, 11) is 1.69. The zero-order chi connectivity index (χ0) is 32.7. The zero-order valence-electron chi connectivity index (χ0n) is 28.0. The first-order chi connectivity index (χ1) is 22.0. The summed E-state index contributed by atoms with van der Waals surface area (Å²) in [6.07, 6.45) is 8.17. The monoisotopic (exact) mass is 645 g/mol. The number of nitrogens with one attached hydrogen (secondary N) is 2. The van der Waals surface area contributed by atoms with E-state index in [2.05, 4.69) is 21.6 Å². The molecule has 2 saturated heterocycles. The molecule has 1 aliphatic carbocycles. The first kappa shape index (κ1) is 34.8. The second-order valence-corrected chi connectivity index (χ2v) is 14.4. The predicted octanol–water partition coefficient (Wildman–Crippen LogP) is 6.00. The largest absolute Gasteiger partial charge is 0.483 e. The standard InChI is InChI=1S/C36H53F2N3O5/c1-35(2,34(42)40-21-25-10-14-44-15-11-25)20-30-7-8-31(22-39-30)45-23-26-6-9-33-32(16-26)41(12-5-13-43-4)24-36(3,46-33)27-17-28(37)19-29(38)18-27/h6,9,16-17,19,25,27,30-31,39H,5,7-8,10-15,18,20-24H2,1-4H3,(H,40,42)/t27?,30-,31+,36+/m0/s1. The van der Waals surface area contributed by atoms with Crippen LogP contribution in [0.15, 0.2) is 42.0 Å². The van der Waals surface area contributed by atoms with Crippen LogP contribution in [0.25, 0.3) is 0 Å². The summed E-state index contributed by atoms with van der Waals surface area (Å²) < 4.78 is 52.0. The number of halogens is 2. The molecule has 1 amide bonds. The molecule has 3 aliphatic heterocycles. The molecule has 46 heavy (non-hydrogen) atoms. The summed E-state index contributed by atoms with van der Waals surface area (Å²) in [5.41, 5.74) is 0.778. The normalized spacial score (nSPS) is 27.3. The van der Waals surface area contributed by atoms with Crippen molar-refractivity contribution < 1.29 is 32.5 Å². The molecule has 1 unspecified atom stereocenters. The van der Waals surface area contributed by atoms with Crippen LogP contribution in [-0.4, -0.2) is 76.8 Å². The Hall–Kier alpha value is -2.53. The van der Waals surface area contributed by atoms with E-state index in [0.29, 0.717) is 31.4 Å². The lowest BCUT2D eigenvalue weighted by atomic mass is 9.81. The number of amides is 1. The van der Waals surface area contributed by atoms with Gasteiger partial charge in [-0.1, -0.05) is 19.9 Å². The van der Waals surface area contributed by atoms with Gasteiger partial charge >= 0.3 is 0 Å². The van der Waals surface area contributed by atoms with Crippen LogP contribution in [0.2, 0.25) is 0 Å². The summed E-state index contributed by atoms with van der Waals surface area (Å²) in [5, 5.41) is 6.82. The highest BCUT2D eigenvalue weighted by atomic mass is 19.1. The molecule has 4 aliphatic rings. The van der Waals surface area contributed by atoms with Gasteiger partial charge < -0.3 is 34.5 Å². The number of hydrogen-bond acceptors (Lipinski definition) is 7. The first-order valence-corrected chi connectivity index (χ1v) is 17.0. The Balaban J connectivity index is 1.13. The van der Waals surface area contributed by atoms with Crippen LogP contribution in [0.5, 0.6) is 5.75 Å². The van der Waals surface area contributed by atoms with Gasteiger partial charge in [0, 0.05) is 76.4 Å². The van der Waals surface area contributed by atoms with Crippen molar-refractivity contribution in [3.63, 3.8) is 0 Å². The number of carbonyl (C=O) groups is 1. The van der Waals surface area contributed by atoms with Crippen molar-refractivity contribution in [3.05, 3.63) is 47.6 Å². The van der Waals surface area contributed by atoms with E-state index in [1.165, 1.54) is 6.08 Å². The SMILES string of the molecule is COCCCN1C[C@](C)(C2C=C(F)C=C(F)C2)Oc2ccc(CO[C@@H]3CC[C@@H](CC(C)(C)C(=O)NCC4CCOCC4)NC3)cc21. The molecule has 256 valence electrons. The van der Waals surface area contributed by atoms with Gasteiger partial charge in [-0.3, -0.25) is 4.79 Å². The van der Waals surface area contributed by atoms with Crippen molar-refractivity contribution in [2.75, 3.05) is 58.0 Å². The number of fused-ring (bicyclic) bond motifs is 1. The maximum absolute atomic E-state index is 14.2. The van der Waals surface area contributed by atoms with Crippen LogP contribution in [-0.2, 0) is 25.6 Å². The van der Waals surface area contributed by atoms with Gasteiger partial charge in [-0.15, -0.1) is 0 Å². The van der Waals surface area contributed by atoms with Gasteiger partial charge in [0.05, 0.1) is 24.9 Å². The van der Waals surface area contributed by atoms with E-state index >= 15 is 0 Å². The molecule has 3 heterocycles. The third-order valence-corrected chi connectivity index (χ3v) is 10.1. The van der Waals surface area contributed by atoms with E-state index in [4.69, 9.17) is 18.9 Å². The quantitative estimate of drug-likeness (QED) is 0.255. The predicted molar refractivity (Wildman–Crippen MR) is 175 cm³/mol. The zero-order valence-corrected chi connectivity index (χ0v) is 28.0. The molecule has 5 rings (SSSR count). The Morgan fingerprint density at radius 3 is 2.72 bits per heavy atom. The van der Waals surface area contributed by atoms with Crippen LogP contribution >= 0.6 is 0 Å². The smallest absolute Gasteiger partial charge is 0.225 e. The van der Waals surface area contributed by atoms with Gasteiger partial charge in [0.25, 0.3) is 0 Å². The number of allylic oxidation sites excluding steroid dienone is 3. The molecule has 4 atom stereocenters. The van der Waals surface area contributed by atoms with E-state index in [9.17, 15) is 13.6 Å². The Labute approximate surface area is 273 Å². The van der Waals surface area contributed by atoms with Crippen molar-refractivity contribution >= 4 is 11.6 Å². The fraction of sp³-hybridized carbons (Fsp3) is 0.694. The summed E-state index contributed by atoms with van der Waals surface area (Å²) in [5.74, 6) is -0.0918. The van der Waals surface area contributed by atoms with Crippen molar-refractivity contribution in [2.45, 2.75) is 90.1 Å². The molecule has 1 aromatic carbocycles. The summed E-state index contributed by atoms with van der Waals surface area (Å²) in [4.78, 5) is 15.2. The molecule has 0 bridgehead atoms. The number of anilines is 1. The fourth-order valence-electron chi connectivity index (χ4n) is 7.19. The molecule has 2 N–H and O–H groups in total. The maximum Gasteiger partial charge on any atom is 0.225 e. The average Bonchev–Trinajstić information content (AvgIpc) is 3.03. The van der Waals surface area contributed by atoms with Gasteiger partial charge in [-0.05, 0) is 75.1 Å². The van der Waals surface area contributed by atoms with Gasteiger partial charge in [0.2, 0.25) is 5.91 Å². The molecule has 0 radical (unpaired) electrons. The minimum atomic E-state index is -0.786. The molecule has 0 aromatic heterocycles. The van der Waals surface area contributed by atoms with Crippen LogP contribution in [0, 0.1) is 17.3 Å². The number of methoxy groups -OCH3 is 1. The Bertz CT molecular complexity index is 1240. The van der Waals surface area contributed by atoms with Gasteiger partial charge in [-0.2, -0.15) is 0 Å².